The summed E-state index contributed by atoms with van der Waals surface area (Å²) in [6.07, 6.45) is 35.3. The predicted octanol–water partition coefficient (Wildman–Crippen LogP) is 10.5. The van der Waals surface area contributed by atoms with Crippen molar-refractivity contribution >= 4 is 5.97 Å². The third-order valence-corrected chi connectivity index (χ3v) is 6.40. The molecule has 0 spiro atoms. The summed E-state index contributed by atoms with van der Waals surface area (Å²) in [6.45, 7) is 5.17. The van der Waals surface area contributed by atoms with E-state index in [1.165, 1.54) is 128 Å². The zero-order valence-electron chi connectivity index (χ0n) is 22.1. The number of carbonyl (C=O) groups excluding carboxylic acids is 1. The molecule has 0 rings (SSSR count). The molecule has 0 fully saturated rings. The van der Waals surface area contributed by atoms with E-state index in [0.717, 1.165) is 19.3 Å². The third-order valence-electron chi connectivity index (χ3n) is 6.40. The molecule has 0 N–H and O–H groups in total. The maximum absolute atomic E-state index is 11.8. The van der Waals surface area contributed by atoms with E-state index in [0.29, 0.717) is 13.0 Å². The fourth-order valence-corrected chi connectivity index (χ4v) is 4.19. The van der Waals surface area contributed by atoms with E-state index in [1.54, 1.807) is 0 Å². The van der Waals surface area contributed by atoms with Gasteiger partial charge >= 0.3 is 5.97 Å². The van der Waals surface area contributed by atoms with Crippen molar-refractivity contribution in [2.75, 3.05) is 6.61 Å². The number of ether oxygens (including phenoxy) is 1. The van der Waals surface area contributed by atoms with Gasteiger partial charge in [-0.1, -0.05) is 135 Å². The van der Waals surface area contributed by atoms with Crippen molar-refractivity contribution < 1.29 is 9.53 Å². The van der Waals surface area contributed by atoms with Crippen molar-refractivity contribution in [2.24, 2.45) is 0 Å². The van der Waals surface area contributed by atoms with Crippen molar-refractivity contribution in [1.82, 2.24) is 0 Å². The van der Waals surface area contributed by atoms with Crippen LogP contribution in [0.5, 0.6) is 0 Å². The predicted molar refractivity (Wildman–Crippen MR) is 142 cm³/mol. The Bertz CT molecular complexity index is 388. The molecule has 32 heavy (non-hydrogen) atoms. The van der Waals surface area contributed by atoms with Gasteiger partial charge < -0.3 is 4.74 Å². The monoisotopic (exact) mass is 450 g/mol. The first kappa shape index (κ1) is 31.2. The highest BCUT2D eigenvalue weighted by Crippen LogP contribution is 2.12. The highest BCUT2D eigenvalue weighted by atomic mass is 16.5. The molecule has 0 aromatic rings. The van der Waals surface area contributed by atoms with Gasteiger partial charge in [0.05, 0.1) is 6.61 Å². The van der Waals surface area contributed by atoms with Crippen molar-refractivity contribution in [2.45, 2.75) is 168 Å². The van der Waals surface area contributed by atoms with Crippen LogP contribution in [0, 0.1) is 0 Å². The van der Waals surface area contributed by atoms with E-state index in [4.69, 9.17) is 4.74 Å². The van der Waals surface area contributed by atoms with Gasteiger partial charge in [-0.15, -0.1) is 0 Å². The molecule has 0 saturated carbocycles. The maximum Gasteiger partial charge on any atom is 0.305 e. The molecule has 0 aliphatic heterocycles. The van der Waals surface area contributed by atoms with Crippen LogP contribution in [0.4, 0.5) is 0 Å². The Kier molecular flexibility index (Phi) is 27.5. The van der Waals surface area contributed by atoms with E-state index in [2.05, 4.69) is 26.0 Å². The average Bonchev–Trinajstić information content (AvgIpc) is 2.80. The van der Waals surface area contributed by atoms with Gasteiger partial charge in [-0.05, 0) is 38.5 Å². The molecule has 0 aromatic carbocycles. The van der Waals surface area contributed by atoms with Gasteiger partial charge in [-0.25, -0.2) is 0 Å². The molecule has 0 amide bonds. The maximum atomic E-state index is 11.8. The largest absolute Gasteiger partial charge is 0.466 e. The lowest BCUT2D eigenvalue weighted by atomic mass is 10.1. The Morgan fingerprint density at radius 2 is 0.875 bits per heavy atom. The highest BCUT2D eigenvalue weighted by Gasteiger charge is 2.02. The van der Waals surface area contributed by atoms with Crippen LogP contribution in [0.25, 0.3) is 0 Å². The Hall–Kier alpha value is -0.790. The zero-order chi connectivity index (χ0) is 23.4. The number of esters is 1. The second-order valence-electron chi connectivity index (χ2n) is 9.74. The SMILES string of the molecule is CCCCCC/C=C/CCCCCCCC(=O)OCCCCCCCCCCCCCC. The molecule has 0 unspecified atom stereocenters. The molecule has 0 atom stereocenters. The van der Waals surface area contributed by atoms with Crippen LogP contribution in [0.15, 0.2) is 12.2 Å². The van der Waals surface area contributed by atoms with Crippen LogP contribution < -0.4 is 0 Å². The van der Waals surface area contributed by atoms with Crippen LogP contribution >= 0.6 is 0 Å². The molecule has 0 saturated heterocycles. The first-order valence-electron chi connectivity index (χ1n) is 14.6. The van der Waals surface area contributed by atoms with E-state index >= 15 is 0 Å². The Morgan fingerprint density at radius 3 is 1.38 bits per heavy atom. The number of carbonyl (C=O) groups is 1. The summed E-state index contributed by atoms with van der Waals surface area (Å²) in [5.74, 6) is 0.0130. The quantitative estimate of drug-likeness (QED) is 0.0744. The molecule has 2 nitrogen and oxygen atoms in total. The summed E-state index contributed by atoms with van der Waals surface area (Å²) < 4.78 is 5.39. The van der Waals surface area contributed by atoms with Crippen LogP contribution in [0.3, 0.4) is 0 Å². The molecule has 0 heterocycles. The number of rotatable bonds is 26. The second kappa shape index (κ2) is 28.2. The van der Waals surface area contributed by atoms with Crippen molar-refractivity contribution in [3.8, 4) is 0 Å². The second-order valence-corrected chi connectivity index (χ2v) is 9.74. The standard InChI is InChI=1S/C30H58O2/c1-3-5-7-9-11-13-15-17-18-20-22-24-26-28-30(31)32-29-27-25-23-21-19-16-14-12-10-8-6-4-2/h13,15H,3-12,14,16-29H2,1-2H3/b15-13+. The summed E-state index contributed by atoms with van der Waals surface area (Å²) in [7, 11) is 0. The Morgan fingerprint density at radius 1 is 0.500 bits per heavy atom. The summed E-state index contributed by atoms with van der Waals surface area (Å²) in [5, 5.41) is 0. The van der Waals surface area contributed by atoms with E-state index in [9.17, 15) is 4.79 Å². The molecular formula is C30H58O2. The minimum absolute atomic E-state index is 0.0130. The fraction of sp³-hybridized carbons (Fsp3) is 0.900. The number of hydrogen-bond acceptors (Lipinski definition) is 2. The van der Waals surface area contributed by atoms with Gasteiger partial charge in [0.25, 0.3) is 0 Å². The topological polar surface area (TPSA) is 26.3 Å². The fourth-order valence-electron chi connectivity index (χ4n) is 4.19. The highest BCUT2D eigenvalue weighted by molar-refractivity contribution is 5.69. The molecule has 190 valence electrons. The van der Waals surface area contributed by atoms with E-state index < -0.39 is 0 Å². The van der Waals surface area contributed by atoms with Crippen molar-refractivity contribution in [3.63, 3.8) is 0 Å². The lowest BCUT2D eigenvalue weighted by Crippen LogP contribution is -2.05. The van der Waals surface area contributed by atoms with E-state index in [1.807, 2.05) is 0 Å². The first-order chi connectivity index (χ1) is 15.8. The van der Waals surface area contributed by atoms with Crippen LogP contribution in [0.2, 0.25) is 0 Å². The third kappa shape index (κ3) is 27.2. The van der Waals surface area contributed by atoms with Gasteiger partial charge in [-0.3, -0.25) is 4.79 Å². The van der Waals surface area contributed by atoms with Crippen LogP contribution in [0.1, 0.15) is 168 Å². The molecule has 2 heteroatoms. The Labute approximate surface area is 202 Å². The molecule has 0 aliphatic rings. The molecule has 0 radical (unpaired) electrons. The zero-order valence-corrected chi connectivity index (χ0v) is 22.1. The minimum Gasteiger partial charge on any atom is -0.466 e. The normalized spacial score (nSPS) is 11.4. The first-order valence-corrected chi connectivity index (χ1v) is 14.6. The van der Waals surface area contributed by atoms with Crippen LogP contribution in [-0.2, 0) is 9.53 Å². The number of allylic oxidation sites excluding steroid dienone is 2. The Balaban J connectivity index is 3.19. The van der Waals surface area contributed by atoms with Gasteiger partial charge in [-0.2, -0.15) is 0 Å². The smallest absolute Gasteiger partial charge is 0.305 e. The van der Waals surface area contributed by atoms with Gasteiger partial charge in [0.15, 0.2) is 0 Å². The lowest BCUT2D eigenvalue weighted by molar-refractivity contribution is -0.143. The van der Waals surface area contributed by atoms with Gasteiger partial charge in [0.1, 0.15) is 0 Å². The molecule has 0 aliphatic carbocycles. The average molecular weight is 451 g/mol. The summed E-state index contributed by atoms with van der Waals surface area (Å²) >= 11 is 0. The van der Waals surface area contributed by atoms with Crippen LogP contribution in [-0.4, -0.2) is 12.6 Å². The minimum atomic E-state index is 0.0130. The van der Waals surface area contributed by atoms with E-state index in [-0.39, 0.29) is 5.97 Å². The number of hydrogen-bond donors (Lipinski definition) is 0. The molecular weight excluding hydrogens is 392 g/mol. The molecule has 0 bridgehead atoms. The van der Waals surface area contributed by atoms with Crippen molar-refractivity contribution in [1.29, 1.82) is 0 Å². The molecule has 0 aromatic heterocycles. The summed E-state index contributed by atoms with van der Waals surface area (Å²) in [6, 6.07) is 0. The summed E-state index contributed by atoms with van der Waals surface area (Å²) in [4.78, 5) is 11.8. The number of unbranched alkanes of at least 4 members (excludes halogenated alkanes) is 20. The van der Waals surface area contributed by atoms with Gasteiger partial charge in [0, 0.05) is 6.42 Å². The summed E-state index contributed by atoms with van der Waals surface area (Å²) in [5.41, 5.74) is 0. The lowest BCUT2D eigenvalue weighted by Gasteiger charge is -2.05. The van der Waals surface area contributed by atoms with Crippen molar-refractivity contribution in [3.05, 3.63) is 12.2 Å². The van der Waals surface area contributed by atoms with Gasteiger partial charge in [0.2, 0.25) is 0 Å².